The van der Waals surface area contributed by atoms with Gasteiger partial charge in [-0.3, -0.25) is 5.10 Å². The van der Waals surface area contributed by atoms with Gasteiger partial charge in [-0.15, -0.1) is 0 Å². The molecule has 84 valence electrons. The third-order valence-electron chi connectivity index (χ3n) is 3.20. The SMILES string of the molecule is Cc1[nH]ncc1-c1nc2c(n1C)CNCC2. The minimum Gasteiger partial charge on any atom is -0.330 e. The zero-order valence-corrected chi connectivity index (χ0v) is 9.54. The molecule has 5 heteroatoms. The average Bonchev–Trinajstić information content (AvgIpc) is 2.84. The minimum atomic E-state index is 0.912. The van der Waals surface area contributed by atoms with Crippen molar-refractivity contribution >= 4 is 0 Å². The first-order valence-electron chi connectivity index (χ1n) is 5.53. The van der Waals surface area contributed by atoms with E-state index in [4.69, 9.17) is 4.98 Å². The lowest BCUT2D eigenvalue weighted by molar-refractivity contribution is 0.607. The lowest BCUT2D eigenvalue weighted by atomic mass is 10.2. The van der Waals surface area contributed by atoms with Crippen LogP contribution in [0, 0.1) is 6.92 Å². The second kappa shape index (κ2) is 3.45. The fraction of sp³-hybridized carbons (Fsp3) is 0.455. The Morgan fingerprint density at radius 3 is 3.00 bits per heavy atom. The van der Waals surface area contributed by atoms with E-state index in [1.54, 1.807) is 0 Å². The molecule has 0 saturated carbocycles. The van der Waals surface area contributed by atoms with Crippen LogP contribution in [0.3, 0.4) is 0 Å². The maximum atomic E-state index is 4.72. The molecule has 1 aliphatic heterocycles. The van der Waals surface area contributed by atoms with Gasteiger partial charge in [0.25, 0.3) is 0 Å². The number of nitrogens with one attached hydrogen (secondary N) is 2. The van der Waals surface area contributed by atoms with Gasteiger partial charge in [0.15, 0.2) is 0 Å². The predicted molar refractivity (Wildman–Crippen MR) is 60.9 cm³/mol. The van der Waals surface area contributed by atoms with Gasteiger partial charge >= 0.3 is 0 Å². The molecule has 0 fully saturated rings. The second-order valence-corrected chi connectivity index (χ2v) is 4.22. The quantitative estimate of drug-likeness (QED) is 0.741. The molecule has 0 bridgehead atoms. The molecule has 0 aliphatic carbocycles. The first-order valence-corrected chi connectivity index (χ1v) is 5.53. The topological polar surface area (TPSA) is 58.5 Å². The van der Waals surface area contributed by atoms with E-state index >= 15 is 0 Å². The van der Waals surface area contributed by atoms with E-state index in [1.165, 1.54) is 11.4 Å². The molecule has 1 aliphatic rings. The molecule has 0 saturated heterocycles. The average molecular weight is 217 g/mol. The smallest absolute Gasteiger partial charge is 0.143 e. The fourth-order valence-corrected chi connectivity index (χ4v) is 2.24. The molecular formula is C11H15N5. The molecule has 0 radical (unpaired) electrons. The van der Waals surface area contributed by atoms with Gasteiger partial charge in [0.2, 0.25) is 0 Å². The molecule has 0 atom stereocenters. The summed E-state index contributed by atoms with van der Waals surface area (Å²) in [6.45, 7) is 3.96. The number of aromatic nitrogens is 4. The molecule has 0 amide bonds. The van der Waals surface area contributed by atoms with Gasteiger partial charge in [0.1, 0.15) is 5.82 Å². The molecule has 5 nitrogen and oxygen atoms in total. The van der Waals surface area contributed by atoms with Crippen molar-refractivity contribution in [1.29, 1.82) is 0 Å². The van der Waals surface area contributed by atoms with Crippen molar-refractivity contribution in [1.82, 2.24) is 25.1 Å². The zero-order chi connectivity index (χ0) is 11.1. The first kappa shape index (κ1) is 9.59. The monoisotopic (exact) mass is 217 g/mol. The van der Waals surface area contributed by atoms with Crippen LogP contribution in [-0.4, -0.2) is 26.3 Å². The van der Waals surface area contributed by atoms with E-state index in [2.05, 4.69) is 27.1 Å². The standard InChI is InChI=1S/C11H15N5/c1-7-8(5-13-15-7)11-14-9-3-4-12-6-10(9)16(11)2/h5,12H,3-4,6H2,1-2H3,(H,13,15). The summed E-state index contributed by atoms with van der Waals surface area (Å²) in [5.41, 5.74) is 4.68. The van der Waals surface area contributed by atoms with Gasteiger partial charge in [0.05, 0.1) is 23.1 Å². The van der Waals surface area contributed by atoms with Crippen LogP contribution in [0.5, 0.6) is 0 Å². The van der Waals surface area contributed by atoms with Crippen LogP contribution >= 0.6 is 0 Å². The Hall–Kier alpha value is -1.62. The Morgan fingerprint density at radius 1 is 1.44 bits per heavy atom. The van der Waals surface area contributed by atoms with E-state index in [0.717, 1.165) is 36.6 Å². The van der Waals surface area contributed by atoms with Crippen LogP contribution in [0.4, 0.5) is 0 Å². The van der Waals surface area contributed by atoms with E-state index in [1.807, 2.05) is 13.1 Å². The Kier molecular flexibility index (Phi) is 2.07. The van der Waals surface area contributed by atoms with E-state index in [9.17, 15) is 0 Å². The van der Waals surface area contributed by atoms with Crippen LogP contribution in [0.2, 0.25) is 0 Å². The highest BCUT2D eigenvalue weighted by Gasteiger charge is 2.19. The molecule has 16 heavy (non-hydrogen) atoms. The molecule has 0 aromatic carbocycles. The normalized spacial score (nSPS) is 15.1. The molecule has 2 aromatic rings. The van der Waals surface area contributed by atoms with Crippen LogP contribution < -0.4 is 5.32 Å². The number of fused-ring (bicyclic) bond motifs is 1. The van der Waals surface area contributed by atoms with Gasteiger partial charge in [-0.1, -0.05) is 0 Å². The number of aromatic amines is 1. The Bertz CT molecular complexity index is 522. The summed E-state index contributed by atoms with van der Waals surface area (Å²) in [4.78, 5) is 4.72. The highest BCUT2D eigenvalue weighted by Crippen LogP contribution is 2.24. The molecule has 3 rings (SSSR count). The number of rotatable bonds is 1. The van der Waals surface area contributed by atoms with E-state index in [-0.39, 0.29) is 0 Å². The predicted octanol–water partition coefficient (Wildman–Crippen LogP) is 0.764. The number of imidazole rings is 1. The number of hydrogen-bond acceptors (Lipinski definition) is 3. The van der Waals surface area contributed by atoms with Gasteiger partial charge in [0, 0.05) is 32.3 Å². The van der Waals surface area contributed by atoms with E-state index < -0.39 is 0 Å². The van der Waals surface area contributed by atoms with Gasteiger partial charge < -0.3 is 9.88 Å². The van der Waals surface area contributed by atoms with Crippen molar-refractivity contribution in [3.8, 4) is 11.4 Å². The first-order chi connectivity index (χ1) is 7.77. The minimum absolute atomic E-state index is 0.912. The van der Waals surface area contributed by atoms with Crippen molar-refractivity contribution < 1.29 is 0 Å². The fourth-order valence-electron chi connectivity index (χ4n) is 2.24. The Morgan fingerprint density at radius 2 is 2.31 bits per heavy atom. The van der Waals surface area contributed by atoms with Gasteiger partial charge in [-0.25, -0.2) is 4.98 Å². The number of hydrogen-bond donors (Lipinski definition) is 2. The third kappa shape index (κ3) is 1.28. The highest BCUT2D eigenvalue weighted by molar-refractivity contribution is 5.58. The van der Waals surface area contributed by atoms with Crippen molar-refractivity contribution in [2.75, 3.05) is 6.54 Å². The van der Waals surface area contributed by atoms with Crippen molar-refractivity contribution in [3.63, 3.8) is 0 Å². The lowest BCUT2D eigenvalue weighted by Gasteiger charge is -2.13. The number of aryl methyl sites for hydroxylation is 1. The van der Waals surface area contributed by atoms with Crippen LogP contribution in [0.1, 0.15) is 17.1 Å². The lowest BCUT2D eigenvalue weighted by Crippen LogP contribution is -2.24. The molecule has 2 aromatic heterocycles. The maximum absolute atomic E-state index is 4.72. The molecule has 2 N–H and O–H groups in total. The molecular weight excluding hydrogens is 202 g/mol. The molecule has 0 spiro atoms. The van der Waals surface area contributed by atoms with Gasteiger partial charge in [-0.05, 0) is 6.92 Å². The van der Waals surface area contributed by atoms with E-state index in [0.29, 0.717) is 0 Å². The van der Waals surface area contributed by atoms with Crippen molar-refractivity contribution in [2.45, 2.75) is 19.9 Å². The van der Waals surface area contributed by atoms with Gasteiger partial charge in [-0.2, -0.15) is 5.10 Å². The molecule has 0 unspecified atom stereocenters. The van der Waals surface area contributed by atoms with Crippen molar-refractivity contribution in [2.24, 2.45) is 7.05 Å². The second-order valence-electron chi connectivity index (χ2n) is 4.22. The number of H-pyrrole nitrogens is 1. The summed E-state index contributed by atoms with van der Waals surface area (Å²) >= 11 is 0. The number of nitrogens with zero attached hydrogens (tertiary/aromatic N) is 3. The summed E-state index contributed by atoms with van der Waals surface area (Å²) in [6.07, 6.45) is 2.86. The maximum Gasteiger partial charge on any atom is 0.143 e. The summed E-state index contributed by atoms with van der Waals surface area (Å²) in [6, 6.07) is 0. The summed E-state index contributed by atoms with van der Waals surface area (Å²) in [7, 11) is 2.07. The van der Waals surface area contributed by atoms with Crippen molar-refractivity contribution in [3.05, 3.63) is 23.3 Å². The Labute approximate surface area is 93.9 Å². The van der Waals surface area contributed by atoms with Crippen LogP contribution in [0.15, 0.2) is 6.20 Å². The molecule has 3 heterocycles. The summed E-state index contributed by atoms with van der Waals surface area (Å²) in [5, 5.41) is 10.4. The van der Waals surface area contributed by atoms with Crippen LogP contribution in [0.25, 0.3) is 11.4 Å². The Balaban J connectivity index is 2.15. The summed E-state index contributed by atoms with van der Waals surface area (Å²) in [5.74, 6) is 1.01. The van der Waals surface area contributed by atoms with Crippen LogP contribution in [-0.2, 0) is 20.0 Å². The summed E-state index contributed by atoms with van der Waals surface area (Å²) < 4.78 is 2.17. The third-order valence-corrected chi connectivity index (χ3v) is 3.20. The highest BCUT2D eigenvalue weighted by atomic mass is 15.1. The largest absolute Gasteiger partial charge is 0.330 e. The zero-order valence-electron chi connectivity index (χ0n) is 9.54.